The molecule has 2 amide bonds. The molecular formula is C22H25N5O2S. The van der Waals surface area contributed by atoms with Gasteiger partial charge >= 0.3 is 0 Å². The highest BCUT2D eigenvalue weighted by Crippen LogP contribution is 2.19. The second-order valence-electron chi connectivity index (χ2n) is 6.58. The van der Waals surface area contributed by atoms with Crippen molar-refractivity contribution in [2.24, 2.45) is 0 Å². The second kappa shape index (κ2) is 10.6. The van der Waals surface area contributed by atoms with Gasteiger partial charge in [0.2, 0.25) is 5.91 Å². The van der Waals surface area contributed by atoms with Crippen LogP contribution in [-0.4, -0.2) is 38.9 Å². The molecule has 1 heterocycles. The quantitative estimate of drug-likeness (QED) is 0.515. The van der Waals surface area contributed by atoms with Gasteiger partial charge in [-0.3, -0.25) is 9.59 Å². The van der Waals surface area contributed by atoms with Crippen molar-refractivity contribution in [1.82, 2.24) is 20.1 Å². The highest BCUT2D eigenvalue weighted by atomic mass is 32.2. The van der Waals surface area contributed by atoms with E-state index in [2.05, 4.69) is 33.0 Å². The third kappa shape index (κ3) is 5.70. The Morgan fingerprint density at radius 1 is 1.03 bits per heavy atom. The number of carbonyl (C=O) groups excluding carboxylic acids is 2. The summed E-state index contributed by atoms with van der Waals surface area (Å²) in [7, 11) is 0. The van der Waals surface area contributed by atoms with Gasteiger partial charge in [0.1, 0.15) is 5.82 Å². The average molecular weight is 424 g/mol. The largest absolute Gasteiger partial charge is 0.352 e. The predicted molar refractivity (Wildman–Crippen MR) is 119 cm³/mol. The number of rotatable bonds is 9. The Hall–Kier alpha value is -3.13. The van der Waals surface area contributed by atoms with Gasteiger partial charge in [-0.15, -0.1) is 10.2 Å². The predicted octanol–water partition coefficient (Wildman–Crippen LogP) is 3.37. The number of nitrogens with one attached hydrogen (secondary N) is 2. The molecule has 0 unspecified atom stereocenters. The summed E-state index contributed by atoms with van der Waals surface area (Å²) in [6, 6.07) is 17.0. The molecular weight excluding hydrogens is 398 g/mol. The van der Waals surface area contributed by atoms with Gasteiger partial charge in [-0.1, -0.05) is 48.2 Å². The van der Waals surface area contributed by atoms with Crippen molar-refractivity contribution < 1.29 is 9.59 Å². The SMILES string of the molecule is CCNC(=O)c1cccc(NC(=O)CSc2nnc(Cc3ccccc3)n2CC)c1. The molecule has 156 valence electrons. The molecule has 0 fully saturated rings. The van der Waals surface area contributed by atoms with Crippen molar-refractivity contribution >= 4 is 29.3 Å². The number of carbonyl (C=O) groups is 2. The first-order valence-electron chi connectivity index (χ1n) is 9.87. The number of benzene rings is 2. The lowest BCUT2D eigenvalue weighted by atomic mass is 10.1. The van der Waals surface area contributed by atoms with Crippen molar-refractivity contribution in [3.05, 3.63) is 71.5 Å². The Labute approximate surface area is 180 Å². The normalized spacial score (nSPS) is 10.6. The maximum Gasteiger partial charge on any atom is 0.251 e. The minimum Gasteiger partial charge on any atom is -0.352 e. The van der Waals surface area contributed by atoms with Crippen LogP contribution in [0, 0.1) is 0 Å². The lowest BCUT2D eigenvalue weighted by Crippen LogP contribution is -2.23. The average Bonchev–Trinajstić information content (AvgIpc) is 3.14. The van der Waals surface area contributed by atoms with Crippen LogP contribution in [0.5, 0.6) is 0 Å². The highest BCUT2D eigenvalue weighted by molar-refractivity contribution is 7.99. The van der Waals surface area contributed by atoms with E-state index in [1.807, 2.05) is 36.6 Å². The van der Waals surface area contributed by atoms with E-state index in [9.17, 15) is 9.59 Å². The maximum atomic E-state index is 12.4. The van der Waals surface area contributed by atoms with Crippen LogP contribution in [0.25, 0.3) is 0 Å². The van der Waals surface area contributed by atoms with E-state index in [0.717, 1.165) is 17.5 Å². The Morgan fingerprint density at radius 3 is 2.57 bits per heavy atom. The number of thioether (sulfide) groups is 1. The van der Waals surface area contributed by atoms with Gasteiger partial charge in [0.05, 0.1) is 5.75 Å². The monoisotopic (exact) mass is 423 g/mol. The van der Waals surface area contributed by atoms with Crippen LogP contribution >= 0.6 is 11.8 Å². The molecule has 0 aliphatic heterocycles. The summed E-state index contributed by atoms with van der Waals surface area (Å²) in [4.78, 5) is 24.4. The van der Waals surface area contributed by atoms with E-state index in [0.29, 0.717) is 24.2 Å². The van der Waals surface area contributed by atoms with Crippen LogP contribution in [0.2, 0.25) is 0 Å². The molecule has 1 aromatic heterocycles. The van der Waals surface area contributed by atoms with Gasteiger partial charge in [-0.05, 0) is 37.6 Å². The minimum absolute atomic E-state index is 0.162. The van der Waals surface area contributed by atoms with Crippen LogP contribution in [0.4, 0.5) is 5.69 Å². The molecule has 3 aromatic rings. The van der Waals surface area contributed by atoms with E-state index in [-0.39, 0.29) is 17.6 Å². The fourth-order valence-electron chi connectivity index (χ4n) is 2.98. The van der Waals surface area contributed by atoms with Gasteiger partial charge in [-0.25, -0.2) is 0 Å². The van der Waals surface area contributed by atoms with Crippen LogP contribution in [-0.2, 0) is 17.8 Å². The topological polar surface area (TPSA) is 88.9 Å². The van der Waals surface area contributed by atoms with Crippen LogP contribution in [0.1, 0.15) is 35.6 Å². The first-order chi connectivity index (χ1) is 14.6. The molecule has 0 saturated heterocycles. The van der Waals surface area contributed by atoms with Crippen LogP contribution in [0.3, 0.4) is 0 Å². The molecule has 3 rings (SSSR count). The van der Waals surface area contributed by atoms with E-state index >= 15 is 0 Å². The molecule has 0 atom stereocenters. The summed E-state index contributed by atoms with van der Waals surface area (Å²) < 4.78 is 2.03. The first kappa shape index (κ1) is 21.6. The van der Waals surface area contributed by atoms with Gasteiger partial charge in [0.25, 0.3) is 5.91 Å². The molecule has 8 heteroatoms. The minimum atomic E-state index is -0.164. The van der Waals surface area contributed by atoms with Gasteiger partial charge in [-0.2, -0.15) is 0 Å². The molecule has 7 nitrogen and oxygen atoms in total. The van der Waals surface area contributed by atoms with Crippen molar-refractivity contribution in [3.63, 3.8) is 0 Å². The van der Waals surface area contributed by atoms with Gasteiger partial charge in [0.15, 0.2) is 5.16 Å². The molecule has 0 spiro atoms. The summed E-state index contributed by atoms with van der Waals surface area (Å²) in [6.45, 7) is 5.18. The Bertz CT molecular complexity index is 1000. The summed E-state index contributed by atoms with van der Waals surface area (Å²) >= 11 is 1.35. The summed E-state index contributed by atoms with van der Waals surface area (Å²) in [6.07, 6.45) is 0.695. The standard InChI is InChI=1S/C22H25N5O2S/c1-3-23-21(29)17-11-8-12-18(14-17)24-20(28)15-30-22-26-25-19(27(22)4-2)13-16-9-6-5-7-10-16/h5-12,14H,3-4,13,15H2,1-2H3,(H,23,29)(H,24,28). The maximum absolute atomic E-state index is 12.4. The second-order valence-corrected chi connectivity index (χ2v) is 7.53. The lowest BCUT2D eigenvalue weighted by molar-refractivity contribution is -0.113. The van der Waals surface area contributed by atoms with Crippen molar-refractivity contribution in [2.45, 2.75) is 32.0 Å². The fourth-order valence-corrected chi connectivity index (χ4v) is 3.80. The highest BCUT2D eigenvalue weighted by Gasteiger charge is 2.14. The van der Waals surface area contributed by atoms with Crippen LogP contribution < -0.4 is 10.6 Å². The molecule has 2 aromatic carbocycles. The fraction of sp³-hybridized carbons (Fsp3) is 0.273. The zero-order valence-corrected chi connectivity index (χ0v) is 17.9. The number of aromatic nitrogens is 3. The van der Waals surface area contributed by atoms with E-state index in [1.165, 1.54) is 17.3 Å². The number of nitrogens with zero attached hydrogens (tertiary/aromatic N) is 3. The molecule has 2 N–H and O–H groups in total. The molecule has 0 bridgehead atoms. The van der Waals surface area contributed by atoms with Gasteiger partial charge in [0, 0.05) is 30.8 Å². The van der Waals surface area contributed by atoms with E-state index in [4.69, 9.17) is 0 Å². The Morgan fingerprint density at radius 2 is 1.83 bits per heavy atom. The van der Waals surface area contributed by atoms with E-state index < -0.39 is 0 Å². The molecule has 0 radical (unpaired) electrons. The number of hydrogen-bond donors (Lipinski definition) is 2. The van der Waals surface area contributed by atoms with Crippen LogP contribution in [0.15, 0.2) is 59.8 Å². The summed E-state index contributed by atoms with van der Waals surface area (Å²) in [5.41, 5.74) is 2.27. The third-order valence-corrected chi connectivity index (χ3v) is 5.36. The third-order valence-electron chi connectivity index (χ3n) is 4.39. The summed E-state index contributed by atoms with van der Waals surface area (Å²) in [5, 5.41) is 14.9. The molecule has 0 aliphatic carbocycles. The molecule has 0 saturated carbocycles. The van der Waals surface area contributed by atoms with Crippen molar-refractivity contribution in [2.75, 3.05) is 17.6 Å². The number of anilines is 1. The zero-order valence-electron chi connectivity index (χ0n) is 17.1. The Kier molecular flexibility index (Phi) is 7.62. The Balaban J connectivity index is 1.60. The lowest BCUT2D eigenvalue weighted by Gasteiger charge is -2.09. The number of hydrogen-bond acceptors (Lipinski definition) is 5. The summed E-state index contributed by atoms with van der Waals surface area (Å²) in [5.74, 6) is 0.754. The zero-order chi connectivity index (χ0) is 21.3. The first-order valence-corrected chi connectivity index (χ1v) is 10.9. The smallest absolute Gasteiger partial charge is 0.251 e. The van der Waals surface area contributed by atoms with Gasteiger partial charge < -0.3 is 15.2 Å². The van der Waals surface area contributed by atoms with Crippen molar-refractivity contribution in [1.29, 1.82) is 0 Å². The molecule has 30 heavy (non-hydrogen) atoms. The number of amides is 2. The van der Waals surface area contributed by atoms with Crippen molar-refractivity contribution in [3.8, 4) is 0 Å². The van der Waals surface area contributed by atoms with E-state index in [1.54, 1.807) is 24.3 Å². The molecule has 0 aliphatic rings.